The van der Waals surface area contributed by atoms with E-state index in [4.69, 9.17) is 4.74 Å². The highest BCUT2D eigenvalue weighted by atomic mass is 16.5. The monoisotopic (exact) mass is 217 g/mol. The lowest BCUT2D eigenvalue weighted by Gasteiger charge is -2.06. The summed E-state index contributed by atoms with van der Waals surface area (Å²) < 4.78 is 6.48. The number of fused-ring (bicyclic) bond motifs is 1. The fourth-order valence-corrected chi connectivity index (χ4v) is 1.87. The molecule has 1 fully saturated rings. The maximum Gasteiger partial charge on any atom is 0.319 e. The van der Waals surface area contributed by atoms with Crippen molar-refractivity contribution in [2.75, 3.05) is 7.11 Å². The summed E-state index contributed by atoms with van der Waals surface area (Å²) in [6.45, 7) is 0. The van der Waals surface area contributed by atoms with Crippen molar-refractivity contribution >= 4 is 11.6 Å². The number of hydrogen-bond acceptors (Lipinski definition) is 4. The molecular formula is C11H11N3O2. The minimum atomic E-state index is -0.583. The maximum atomic E-state index is 11.7. The Morgan fingerprint density at radius 2 is 2.31 bits per heavy atom. The molecule has 0 atom stereocenters. The number of ether oxygens (including phenoxy) is 1. The van der Waals surface area contributed by atoms with Crippen LogP contribution < -0.4 is 0 Å². The molecule has 1 aliphatic carbocycles. The molecule has 0 spiro atoms. The molecule has 5 nitrogen and oxygen atoms in total. The van der Waals surface area contributed by atoms with E-state index in [2.05, 4.69) is 10.1 Å². The molecule has 0 saturated heterocycles. The number of carbonyl (C=O) groups excluding carboxylic acids is 1. The largest absolute Gasteiger partial charge is 0.468 e. The van der Waals surface area contributed by atoms with Crippen LogP contribution in [0.1, 0.15) is 18.7 Å². The Balaban J connectivity index is 2.10. The Labute approximate surface area is 92.1 Å². The number of esters is 1. The van der Waals surface area contributed by atoms with Gasteiger partial charge in [-0.1, -0.05) is 6.07 Å². The third-order valence-electron chi connectivity index (χ3n) is 3.00. The Morgan fingerprint density at radius 1 is 1.50 bits per heavy atom. The van der Waals surface area contributed by atoms with Crippen LogP contribution in [0.15, 0.2) is 24.4 Å². The first-order valence-electron chi connectivity index (χ1n) is 5.16. The Hall–Kier alpha value is -1.91. The van der Waals surface area contributed by atoms with Gasteiger partial charge in [0.25, 0.3) is 0 Å². The molecule has 2 aromatic heterocycles. The Kier molecular flexibility index (Phi) is 1.77. The van der Waals surface area contributed by atoms with E-state index in [1.165, 1.54) is 7.11 Å². The smallest absolute Gasteiger partial charge is 0.319 e. The minimum Gasteiger partial charge on any atom is -0.468 e. The van der Waals surface area contributed by atoms with E-state index in [1.54, 1.807) is 4.52 Å². The lowest BCUT2D eigenvalue weighted by atomic mass is 10.1. The van der Waals surface area contributed by atoms with Crippen LogP contribution in [0.2, 0.25) is 0 Å². The number of rotatable bonds is 2. The molecule has 82 valence electrons. The average Bonchev–Trinajstić information content (AvgIpc) is 3.01. The molecule has 0 N–H and O–H groups in total. The van der Waals surface area contributed by atoms with E-state index >= 15 is 0 Å². The van der Waals surface area contributed by atoms with Crippen LogP contribution in [-0.2, 0) is 14.9 Å². The summed E-state index contributed by atoms with van der Waals surface area (Å²) in [5.41, 5.74) is 0.175. The van der Waals surface area contributed by atoms with Crippen LogP contribution in [0, 0.1) is 0 Å². The molecule has 1 aliphatic rings. The zero-order valence-corrected chi connectivity index (χ0v) is 8.88. The van der Waals surface area contributed by atoms with Gasteiger partial charge in [0.2, 0.25) is 0 Å². The second-order valence-electron chi connectivity index (χ2n) is 4.01. The standard InChI is InChI=1S/C11H11N3O2/c1-16-10(15)11(5-6-11)9-12-8-4-2-3-7-14(8)13-9/h2-4,7H,5-6H2,1H3. The van der Waals surface area contributed by atoms with Crippen molar-refractivity contribution in [3.8, 4) is 0 Å². The van der Waals surface area contributed by atoms with Crippen molar-refractivity contribution in [1.29, 1.82) is 0 Å². The molecule has 3 rings (SSSR count). The first-order chi connectivity index (χ1) is 7.76. The summed E-state index contributed by atoms with van der Waals surface area (Å²) in [6, 6.07) is 5.64. The number of carbonyl (C=O) groups is 1. The third kappa shape index (κ3) is 1.14. The summed E-state index contributed by atoms with van der Waals surface area (Å²) in [5, 5.41) is 4.32. The van der Waals surface area contributed by atoms with Gasteiger partial charge in [-0.3, -0.25) is 4.79 Å². The Morgan fingerprint density at radius 3 is 2.94 bits per heavy atom. The fourth-order valence-electron chi connectivity index (χ4n) is 1.87. The summed E-state index contributed by atoms with van der Waals surface area (Å²) in [7, 11) is 1.40. The fraction of sp³-hybridized carbons (Fsp3) is 0.364. The van der Waals surface area contributed by atoms with Crippen LogP contribution >= 0.6 is 0 Å². The van der Waals surface area contributed by atoms with Gasteiger partial charge >= 0.3 is 5.97 Å². The topological polar surface area (TPSA) is 56.5 Å². The average molecular weight is 217 g/mol. The normalized spacial score (nSPS) is 17.3. The molecule has 2 heterocycles. The molecule has 5 heteroatoms. The summed E-state index contributed by atoms with van der Waals surface area (Å²) in [4.78, 5) is 16.0. The van der Waals surface area contributed by atoms with E-state index in [0.29, 0.717) is 5.82 Å². The van der Waals surface area contributed by atoms with Crippen molar-refractivity contribution in [3.63, 3.8) is 0 Å². The number of hydrogen-bond donors (Lipinski definition) is 0. The van der Waals surface area contributed by atoms with E-state index in [9.17, 15) is 4.79 Å². The van der Waals surface area contributed by atoms with Crippen LogP contribution in [-0.4, -0.2) is 27.7 Å². The summed E-state index contributed by atoms with van der Waals surface area (Å²) in [5.74, 6) is 0.342. The molecule has 0 bridgehead atoms. The SMILES string of the molecule is COC(=O)C1(c2nc3ccccn3n2)CC1. The predicted octanol–water partition coefficient (Wildman–Crippen LogP) is 0.934. The van der Waals surface area contributed by atoms with Gasteiger partial charge in [-0.15, -0.1) is 0 Å². The molecule has 0 aliphatic heterocycles. The Bertz CT molecular complexity index is 524. The molecule has 0 aromatic carbocycles. The first-order valence-corrected chi connectivity index (χ1v) is 5.16. The lowest BCUT2D eigenvalue weighted by molar-refractivity contribution is -0.143. The van der Waals surface area contributed by atoms with Crippen molar-refractivity contribution in [3.05, 3.63) is 30.2 Å². The van der Waals surface area contributed by atoms with E-state index in [1.807, 2.05) is 24.4 Å². The van der Waals surface area contributed by atoms with Gasteiger partial charge in [0.15, 0.2) is 11.5 Å². The van der Waals surface area contributed by atoms with Gasteiger partial charge in [0.1, 0.15) is 5.41 Å². The van der Waals surface area contributed by atoms with Crippen molar-refractivity contribution < 1.29 is 9.53 Å². The molecule has 16 heavy (non-hydrogen) atoms. The van der Waals surface area contributed by atoms with E-state index in [0.717, 1.165) is 18.5 Å². The highest BCUT2D eigenvalue weighted by Gasteiger charge is 2.56. The zero-order chi connectivity index (χ0) is 11.2. The minimum absolute atomic E-state index is 0.233. The van der Waals surface area contributed by atoms with E-state index < -0.39 is 5.41 Å². The van der Waals surface area contributed by atoms with Crippen LogP contribution in [0.5, 0.6) is 0 Å². The second kappa shape index (κ2) is 3.04. The molecule has 0 radical (unpaired) electrons. The molecular weight excluding hydrogens is 206 g/mol. The van der Waals surface area contributed by atoms with Crippen LogP contribution in [0.3, 0.4) is 0 Å². The number of nitrogens with zero attached hydrogens (tertiary/aromatic N) is 3. The quantitative estimate of drug-likeness (QED) is 0.702. The van der Waals surface area contributed by atoms with Crippen molar-refractivity contribution in [2.24, 2.45) is 0 Å². The summed E-state index contributed by atoms with van der Waals surface area (Å²) in [6.07, 6.45) is 3.37. The van der Waals surface area contributed by atoms with Gasteiger partial charge in [-0.05, 0) is 25.0 Å². The van der Waals surface area contributed by atoms with Crippen molar-refractivity contribution in [2.45, 2.75) is 18.3 Å². The van der Waals surface area contributed by atoms with Crippen molar-refractivity contribution in [1.82, 2.24) is 14.6 Å². The summed E-state index contributed by atoms with van der Waals surface area (Å²) >= 11 is 0. The second-order valence-corrected chi connectivity index (χ2v) is 4.01. The lowest BCUT2D eigenvalue weighted by Crippen LogP contribution is -2.23. The third-order valence-corrected chi connectivity index (χ3v) is 3.00. The van der Waals surface area contributed by atoms with E-state index in [-0.39, 0.29) is 5.97 Å². The number of aromatic nitrogens is 3. The maximum absolute atomic E-state index is 11.7. The molecule has 0 amide bonds. The number of methoxy groups -OCH3 is 1. The zero-order valence-electron chi connectivity index (χ0n) is 8.88. The van der Waals surface area contributed by atoms with Gasteiger partial charge in [-0.25, -0.2) is 9.50 Å². The first kappa shape index (κ1) is 9.33. The molecule has 2 aromatic rings. The van der Waals surface area contributed by atoms with Gasteiger partial charge < -0.3 is 4.74 Å². The van der Waals surface area contributed by atoms with Gasteiger partial charge in [0, 0.05) is 6.20 Å². The molecule has 0 unspecified atom stereocenters. The van der Waals surface area contributed by atoms with Crippen LogP contribution in [0.4, 0.5) is 0 Å². The highest BCUT2D eigenvalue weighted by Crippen LogP contribution is 2.47. The van der Waals surface area contributed by atoms with Gasteiger partial charge in [-0.2, -0.15) is 5.10 Å². The van der Waals surface area contributed by atoms with Crippen LogP contribution in [0.25, 0.3) is 5.65 Å². The predicted molar refractivity (Wildman–Crippen MR) is 55.9 cm³/mol. The highest BCUT2D eigenvalue weighted by molar-refractivity contribution is 5.85. The molecule has 1 saturated carbocycles. The van der Waals surface area contributed by atoms with Gasteiger partial charge in [0.05, 0.1) is 7.11 Å². The number of pyridine rings is 1.